The van der Waals surface area contributed by atoms with Gasteiger partial charge in [0, 0.05) is 30.9 Å². The van der Waals surface area contributed by atoms with E-state index >= 15 is 0 Å². The third-order valence-corrected chi connectivity index (χ3v) is 3.55. The van der Waals surface area contributed by atoms with Crippen molar-refractivity contribution in [1.82, 2.24) is 4.98 Å². The lowest BCUT2D eigenvalue weighted by molar-refractivity contribution is 0.0490. The minimum atomic E-state index is 0.503. The van der Waals surface area contributed by atoms with Crippen molar-refractivity contribution in [2.24, 2.45) is 5.92 Å². The lowest BCUT2D eigenvalue weighted by atomic mass is 10.0. The molecule has 2 heterocycles. The van der Waals surface area contributed by atoms with Crippen molar-refractivity contribution < 1.29 is 9.47 Å². The second-order valence-corrected chi connectivity index (χ2v) is 4.93. The molecule has 0 aromatic carbocycles. The number of hydrogen-bond acceptors (Lipinski definition) is 3. The Kier molecular flexibility index (Phi) is 5.26. The van der Waals surface area contributed by atoms with Gasteiger partial charge in [0.15, 0.2) is 0 Å². The number of rotatable bonds is 5. The second-order valence-electron chi connectivity index (χ2n) is 4.66. The summed E-state index contributed by atoms with van der Waals surface area (Å²) in [7, 11) is 0. The number of nitrogens with zero attached hydrogens (tertiary/aromatic N) is 1. The Morgan fingerprint density at radius 3 is 2.83 bits per heavy atom. The first-order valence-corrected chi connectivity index (χ1v) is 7.11. The topological polar surface area (TPSA) is 31.4 Å². The van der Waals surface area contributed by atoms with Crippen LogP contribution in [0.1, 0.15) is 31.0 Å². The first-order chi connectivity index (χ1) is 8.81. The van der Waals surface area contributed by atoms with E-state index in [1.165, 1.54) is 0 Å². The van der Waals surface area contributed by atoms with Crippen LogP contribution in [-0.4, -0.2) is 24.8 Å². The van der Waals surface area contributed by atoms with Gasteiger partial charge in [-0.1, -0.05) is 6.92 Å². The van der Waals surface area contributed by atoms with E-state index in [-0.39, 0.29) is 0 Å². The van der Waals surface area contributed by atoms with Crippen LogP contribution in [0.4, 0.5) is 0 Å². The van der Waals surface area contributed by atoms with E-state index in [0.717, 1.165) is 50.3 Å². The van der Waals surface area contributed by atoms with Gasteiger partial charge in [0.2, 0.25) is 5.88 Å². The lowest BCUT2D eigenvalue weighted by Crippen LogP contribution is -2.21. The van der Waals surface area contributed by atoms with Gasteiger partial charge in [0.05, 0.1) is 6.61 Å². The highest BCUT2D eigenvalue weighted by atomic mass is 35.5. The van der Waals surface area contributed by atoms with E-state index in [0.29, 0.717) is 17.7 Å². The van der Waals surface area contributed by atoms with Gasteiger partial charge in [-0.05, 0) is 36.8 Å². The van der Waals surface area contributed by atoms with Crippen molar-refractivity contribution >= 4 is 11.6 Å². The van der Waals surface area contributed by atoms with Gasteiger partial charge in [-0.3, -0.25) is 0 Å². The van der Waals surface area contributed by atoms with E-state index in [1.807, 2.05) is 12.1 Å². The molecule has 0 atom stereocenters. The zero-order chi connectivity index (χ0) is 12.8. The summed E-state index contributed by atoms with van der Waals surface area (Å²) >= 11 is 5.88. The molecule has 2 rings (SSSR count). The van der Waals surface area contributed by atoms with Crippen LogP contribution in [0.25, 0.3) is 0 Å². The van der Waals surface area contributed by atoms with Gasteiger partial charge < -0.3 is 9.47 Å². The minimum Gasteiger partial charge on any atom is -0.477 e. The highest BCUT2D eigenvalue weighted by Gasteiger charge is 2.14. The molecule has 100 valence electrons. The summed E-state index contributed by atoms with van der Waals surface area (Å²) in [6.07, 6.45) is 3.06. The normalized spacial score (nSPS) is 16.8. The monoisotopic (exact) mass is 269 g/mol. The Labute approximate surface area is 113 Å². The van der Waals surface area contributed by atoms with Crippen LogP contribution in [0, 0.1) is 5.92 Å². The van der Waals surface area contributed by atoms with Crippen molar-refractivity contribution in [1.29, 1.82) is 0 Å². The van der Waals surface area contributed by atoms with Crippen molar-refractivity contribution in [2.45, 2.75) is 32.1 Å². The average Bonchev–Trinajstić information content (AvgIpc) is 2.45. The maximum atomic E-state index is 5.88. The Hall–Kier alpha value is -0.800. The third-order valence-electron chi connectivity index (χ3n) is 3.24. The minimum absolute atomic E-state index is 0.503. The highest BCUT2D eigenvalue weighted by molar-refractivity contribution is 6.17. The Morgan fingerprint density at radius 1 is 1.39 bits per heavy atom. The number of halogens is 1. The quantitative estimate of drug-likeness (QED) is 0.770. The molecular formula is C14H20ClNO2. The van der Waals surface area contributed by atoms with Crippen LogP contribution in [0.2, 0.25) is 0 Å². The molecule has 0 bridgehead atoms. The van der Waals surface area contributed by atoms with Crippen molar-refractivity contribution in [3.05, 3.63) is 23.4 Å². The van der Waals surface area contributed by atoms with Gasteiger partial charge in [0.1, 0.15) is 0 Å². The van der Waals surface area contributed by atoms with Crippen LogP contribution < -0.4 is 4.74 Å². The molecule has 1 fully saturated rings. The fraction of sp³-hybridized carbons (Fsp3) is 0.643. The molecule has 4 heteroatoms. The fourth-order valence-corrected chi connectivity index (χ4v) is 2.22. The summed E-state index contributed by atoms with van der Waals surface area (Å²) in [6, 6.07) is 3.97. The molecule has 0 aliphatic carbocycles. The summed E-state index contributed by atoms with van der Waals surface area (Å²) in [5.74, 6) is 1.80. The number of alkyl halides is 1. The molecular weight excluding hydrogens is 250 g/mol. The number of hydrogen-bond donors (Lipinski definition) is 0. The smallest absolute Gasteiger partial charge is 0.213 e. The lowest BCUT2D eigenvalue weighted by Gasteiger charge is -2.22. The van der Waals surface area contributed by atoms with E-state index in [9.17, 15) is 0 Å². The van der Waals surface area contributed by atoms with Crippen LogP contribution in [0.3, 0.4) is 0 Å². The van der Waals surface area contributed by atoms with Crippen molar-refractivity contribution in [3.63, 3.8) is 0 Å². The molecule has 1 saturated heterocycles. The van der Waals surface area contributed by atoms with E-state index in [4.69, 9.17) is 21.1 Å². The summed E-state index contributed by atoms with van der Waals surface area (Å²) in [4.78, 5) is 4.47. The zero-order valence-electron chi connectivity index (χ0n) is 10.8. The largest absolute Gasteiger partial charge is 0.477 e. The van der Waals surface area contributed by atoms with Crippen LogP contribution in [0.5, 0.6) is 5.88 Å². The van der Waals surface area contributed by atoms with Gasteiger partial charge in [0.25, 0.3) is 0 Å². The standard InChI is InChI=1S/C14H20ClNO2/c1-2-13-7-12(9-15)8-14(16-13)18-10-11-3-5-17-6-4-11/h7-8,11H,2-6,9-10H2,1H3. The summed E-state index contributed by atoms with van der Waals surface area (Å²) in [5, 5.41) is 0. The number of aromatic nitrogens is 1. The number of pyridine rings is 1. The molecule has 3 nitrogen and oxygen atoms in total. The predicted molar refractivity (Wildman–Crippen MR) is 72.2 cm³/mol. The number of ether oxygens (including phenoxy) is 2. The summed E-state index contributed by atoms with van der Waals surface area (Å²) < 4.78 is 11.1. The van der Waals surface area contributed by atoms with Gasteiger partial charge in [-0.15, -0.1) is 11.6 Å². The predicted octanol–water partition coefficient (Wildman–Crippen LogP) is 3.19. The van der Waals surface area contributed by atoms with Gasteiger partial charge >= 0.3 is 0 Å². The molecule has 0 unspecified atom stereocenters. The molecule has 1 aliphatic rings. The highest BCUT2D eigenvalue weighted by Crippen LogP contribution is 2.19. The SMILES string of the molecule is CCc1cc(CCl)cc(OCC2CCOCC2)n1. The molecule has 0 N–H and O–H groups in total. The van der Waals surface area contributed by atoms with E-state index in [2.05, 4.69) is 11.9 Å². The van der Waals surface area contributed by atoms with Crippen molar-refractivity contribution in [2.75, 3.05) is 19.8 Å². The van der Waals surface area contributed by atoms with Gasteiger partial charge in [-0.2, -0.15) is 0 Å². The Morgan fingerprint density at radius 2 is 2.17 bits per heavy atom. The molecule has 0 amide bonds. The molecule has 0 saturated carbocycles. The Balaban J connectivity index is 1.94. The first kappa shape index (κ1) is 13.6. The molecule has 1 aliphatic heterocycles. The Bertz CT molecular complexity index is 356. The average molecular weight is 270 g/mol. The second kappa shape index (κ2) is 6.95. The zero-order valence-corrected chi connectivity index (χ0v) is 11.6. The van der Waals surface area contributed by atoms with Crippen molar-refractivity contribution in [3.8, 4) is 5.88 Å². The number of aryl methyl sites for hydroxylation is 1. The third kappa shape index (κ3) is 3.85. The van der Waals surface area contributed by atoms with Crippen LogP contribution in [0.15, 0.2) is 12.1 Å². The van der Waals surface area contributed by atoms with Gasteiger partial charge in [-0.25, -0.2) is 4.98 Å². The first-order valence-electron chi connectivity index (χ1n) is 6.58. The maximum Gasteiger partial charge on any atom is 0.213 e. The van der Waals surface area contributed by atoms with E-state index in [1.54, 1.807) is 0 Å². The molecule has 1 aromatic rings. The maximum absolute atomic E-state index is 5.88. The fourth-order valence-electron chi connectivity index (χ4n) is 2.07. The molecule has 18 heavy (non-hydrogen) atoms. The molecule has 0 spiro atoms. The van der Waals surface area contributed by atoms with Crippen LogP contribution >= 0.6 is 11.6 Å². The van der Waals surface area contributed by atoms with E-state index < -0.39 is 0 Å². The molecule has 0 radical (unpaired) electrons. The summed E-state index contributed by atoms with van der Waals surface area (Å²) in [5.41, 5.74) is 2.11. The summed E-state index contributed by atoms with van der Waals surface area (Å²) in [6.45, 7) is 4.51. The van der Waals surface area contributed by atoms with Crippen LogP contribution in [-0.2, 0) is 17.0 Å². The molecule has 1 aromatic heterocycles.